The standard InChI is InChI=1S/C17H34N4O10.Na.H/c18-2-6-10(24)12(26)8(21)16(28-6)30-14-5(20)1-4(19)9(23)15(14)31-17-13(27)11(25)7(3-22)29-17;;/h4-17,22-27H,1-3,18-21H2;;/q;+1;-1/t4-,5+,6-,7-,8-,9?,10-,11-,12-,13-,14-,15-,16-,17+;;/m1../s1. The molecule has 2 aliphatic heterocycles. The molecule has 0 radical (unpaired) electrons. The van der Waals surface area contributed by atoms with E-state index in [4.69, 9.17) is 41.9 Å². The molecule has 15 heteroatoms. The summed E-state index contributed by atoms with van der Waals surface area (Å²) in [6, 6.07) is -2.72. The van der Waals surface area contributed by atoms with Crippen LogP contribution in [-0.2, 0) is 18.9 Å². The first kappa shape index (κ1) is 28.7. The third-order valence-electron chi connectivity index (χ3n) is 6.13. The number of ether oxygens (including phenoxy) is 4. The normalized spacial score (nSPS) is 51.9. The largest absolute Gasteiger partial charge is 1.00 e. The van der Waals surface area contributed by atoms with Crippen LogP contribution in [0.4, 0.5) is 0 Å². The topological polar surface area (TPSA) is 262 Å². The first-order chi connectivity index (χ1) is 14.6. The van der Waals surface area contributed by atoms with E-state index in [1.165, 1.54) is 0 Å². The Hall–Kier alpha value is 0.440. The fourth-order valence-corrected chi connectivity index (χ4v) is 4.16. The predicted octanol–water partition coefficient (Wildman–Crippen LogP) is -9.54. The maximum absolute atomic E-state index is 10.6. The molecular formula is C17H35N4NaO10. The van der Waals surface area contributed by atoms with Gasteiger partial charge in [0.15, 0.2) is 12.6 Å². The second-order valence-corrected chi connectivity index (χ2v) is 8.30. The monoisotopic (exact) mass is 478 g/mol. The van der Waals surface area contributed by atoms with E-state index in [1.54, 1.807) is 0 Å². The zero-order valence-electron chi connectivity index (χ0n) is 18.8. The molecule has 14 nitrogen and oxygen atoms in total. The minimum Gasteiger partial charge on any atom is -1.00 e. The van der Waals surface area contributed by atoms with E-state index >= 15 is 0 Å². The summed E-state index contributed by atoms with van der Waals surface area (Å²) in [6.07, 6.45) is -13.8. The van der Waals surface area contributed by atoms with Crippen molar-refractivity contribution in [2.45, 2.75) is 92.1 Å². The van der Waals surface area contributed by atoms with Gasteiger partial charge in [-0.1, -0.05) is 0 Å². The van der Waals surface area contributed by atoms with Crippen LogP contribution in [0.1, 0.15) is 7.85 Å². The molecule has 2 saturated heterocycles. The van der Waals surface area contributed by atoms with Gasteiger partial charge in [0, 0.05) is 18.6 Å². The van der Waals surface area contributed by atoms with E-state index in [9.17, 15) is 30.6 Å². The summed E-state index contributed by atoms with van der Waals surface area (Å²) >= 11 is 0. The molecule has 3 aliphatic rings. The zero-order valence-corrected chi connectivity index (χ0v) is 19.8. The van der Waals surface area contributed by atoms with Crippen molar-refractivity contribution in [2.75, 3.05) is 13.2 Å². The average molecular weight is 478 g/mol. The maximum Gasteiger partial charge on any atom is 1.00 e. The zero-order chi connectivity index (χ0) is 23.0. The molecule has 2 heterocycles. The van der Waals surface area contributed by atoms with Gasteiger partial charge in [0.1, 0.15) is 48.8 Å². The minimum absolute atomic E-state index is 0. The van der Waals surface area contributed by atoms with E-state index in [-0.39, 0.29) is 43.9 Å². The molecule has 1 unspecified atom stereocenters. The Labute approximate surface area is 208 Å². The number of rotatable bonds is 6. The van der Waals surface area contributed by atoms with Crippen molar-refractivity contribution in [3.05, 3.63) is 0 Å². The van der Waals surface area contributed by atoms with Gasteiger partial charge in [-0.15, -0.1) is 0 Å². The molecule has 0 aromatic carbocycles. The van der Waals surface area contributed by atoms with Crippen molar-refractivity contribution in [3.8, 4) is 0 Å². The van der Waals surface area contributed by atoms with Crippen molar-refractivity contribution >= 4 is 0 Å². The number of hydrogen-bond acceptors (Lipinski definition) is 14. The van der Waals surface area contributed by atoms with E-state index in [1.807, 2.05) is 0 Å². The first-order valence-electron chi connectivity index (χ1n) is 10.2. The summed E-state index contributed by atoms with van der Waals surface area (Å²) < 4.78 is 22.5. The van der Waals surface area contributed by atoms with Crippen LogP contribution in [0.2, 0.25) is 0 Å². The van der Waals surface area contributed by atoms with Crippen molar-refractivity contribution in [3.63, 3.8) is 0 Å². The smallest absolute Gasteiger partial charge is 1.00 e. The second-order valence-electron chi connectivity index (χ2n) is 8.30. The third kappa shape index (κ3) is 5.63. The molecule has 0 bridgehead atoms. The summed E-state index contributed by atoms with van der Waals surface area (Å²) in [5.74, 6) is 0. The summed E-state index contributed by atoms with van der Waals surface area (Å²) in [5, 5.41) is 60.2. The van der Waals surface area contributed by atoms with Crippen LogP contribution >= 0.6 is 0 Å². The molecule has 0 aromatic rings. The van der Waals surface area contributed by atoms with Crippen LogP contribution in [0.5, 0.6) is 0 Å². The molecule has 1 saturated carbocycles. The predicted molar refractivity (Wildman–Crippen MR) is 103 cm³/mol. The molecule has 14 N–H and O–H groups in total. The van der Waals surface area contributed by atoms with Crippen molar-refractivity contribution in [1.82, 2.24) is 0 Å². The molecule has 0 aromatic heterocycles. The van der Waals surface area contributed by atoms with Gasteiger partial charge in [0.25, 0.3) is 0 Å². The van der Waals surface area contributed by atoms with Gasteiger partial charge in [0.05, 0.1) is 18.8 Å². The molecule has 0 spiro atoms. The van der Waals surface area contributed by atoms with Gasteiger partial charge in [0.2, 0.25) is 0 Å². The molecule has 3 fully saturated rings. The van der Waals surface area contributed by atoms with Crippen LogP contribution in [0.3, 0.4) is 0 Å². The van der Waals surface area contributed by atoms with E-state index in [2.05, 4.69) is 0 Å². The molecule has 0 amide bonds. The Morgan fingerprint density at radius 1 is 0.750 bits per heavy atom. The Balaban J connectivity index is 0.00000272. The SMILES string of the molecule is NC[C@H]1O[C@H](O[C@H]2[C@H](O[C@@H]3O[C@H](CO)[C@@H](O)[C@H]3O)C(O)[C@H](N)C[C@@H]2N)[C@H](N)[C@@H](O)[C@@H]1O.[H-].[Na+]. The van der Waals surface area contributed by atoms with Gasteiger partial charge >= 0.3 is 29.6 Å². The van der Waals surface area contributed by atoms with Gasteiger partial charge in [-0.05, 0) is 6.42 Å². The fourth-order valence-electron chi connectivity index (χ4n) is 4.16. The molecule has 3 rings (SSSR count). The maximum atomic E-state index is 10.6. The summed E-state index contributed by atoms with van der Waals surface area (Å²) in [4.78, 5) is 0. The van der Waals surface area contributed by atoms with Crippen LogP contribution < -0.4 is 52.5 Å². The molecule has 1 aliphatic carbocycles. The molecule has 32 heavy (non-hydrogen) atoms. The van der Waals surface area contributed by atoms with Crippen LogP contribution in [0.15, 0.2) is 0 Å². The first-order valence-corrected chi connectivity index (χ1v) is 10.2. The van der Waals surface area contributed by atoms with E-state index in [0.29, 0.717) is 0 Å². The van der Waals surface area contributed by atoms with Crippen molar-refractivity contribution in [2.24, 2.45) is 22.9 Å². The fraction of sp³-hybridized carbons (Fsp3) is 1.00. The van der Waals surface area contributed by atoms with Crippen LogP contribution in [-0.4, -0.2) is 129 Å². The summed E-state index contributed by atoms with van der Waals surface area (Å²) in [5.41, 5.74) is 23.6. The van der Waals surface area contributed by atoms with Gasteiger partial charge in [-0.2, -0.15) is 0 Å². The number of aliphatic hydroxyl groups is 6. The minimum atomic E-state index is -1.51. The number of nitrogens with two attached hydrogens (primary N) is 4. The second kappa shape index (κ2) is 11.9. The molecule has 14 atom stereocenters. The van der Waals surface area contributed by atoms with Gasteiger partial charge in [-0.25, -0.2) is 0 Å². The Bertz CT molecular complexity index is 604. The molecule has 184 valence electrons. The van der Waals surface area contributed by atoms with Crippen molar-refractivity contribution < 1.29 is 80.6 Å². The third-order valence-corrected chi connectivity index (χ3v) is 6.13. The van der Waals surface area contributed by atoms with E-state index < -0.39 is 92.2 Å². The molecular weight excluding hydrogens is 443 g/mol. The van der Waals surface area contributed by atoms with Crippen LogP contribution in [0, 0.1) is 0 Å². The summed E-state index contributed by atoms with van der Waals surface area (Å²) in [7, 11) is 0. The Kier molecular flexibility index (Phi) is 10.7. The Morgan fingerprint density at radius 2 is 1.31 bits per heavy atom. The average Bonchev–Trinajstić information content (AvgIpc) is 3.02. The van der Waals surface area contributed by atoms with Gasteiger partial charge in [-0.3, -0.25) is 0 Å². The van der Waals surface area contributed by atoms with Gasteiger partial charge < -0.3 is 73.9 Å². The Morgan fingerprint density at radius 3 is 1.88 bits per heavy atom. The number of aliphatic hydroxyl groups excluding tert-OH is 6. The van der Waals surface area contributed by atoms with E-state index in [0.717, 1.165) is 0 Å². The van der Waals surface area contributed by atoms with Crippen molar-refractivity contribution in [1.29, 1.82) is 0 Å². The summed E-state index contributed by atoms with van der Waals surface area (Å²) in [6.45, 7) is -0.673. The number of hydrogen-bond donors (Lipinski definition) is 10. The van der Waals surface area contributed by atoms with Crippen LogP contribution in [0.25, 0.3) is 0 Å². The quantitative estimate of drug-likeness (QED) is 0.159.